The molecule has 3 aliphatic rings. The first-order valence-corrected chi connectivity index (χ1v) is 18.1. The van der Waals surface area contributed by atoms with E-state index in [1.54, 1.807) is 11.5 Å². The van der Waals surface area contributed by atoms with Crippen LogP contribution in [0.2, 0.25) is 0 Å². The van der Waals surface area contributed by atoms with E-state index in [2.05, 4.69) is 41.7 Å². The number of aromatic nitrogens is 1. The van der Waals surface area contributed by atoms with Crippen LogP contribution in [-0.2, 0) is 31.2 Å². The van der Waals surface area contributed by atoms with Gasteiger partial charge in [-0.25, -0.2) is 19.2 Å². The first-order chi connectivity index (χ1) is 24.4. The molecule has 256 valence electrons. The van der Waals surface area contributed by atoms with Gasteiger partial charge >= 0.3 is 5.97 Å². The zero-order chi connectivity index (χ0) is 34.8. The van der Waals surface area contributed by atoms with Gasteiger partial charge in [0.2, 0.25) is 5.91 Å². The monoisotopic (exact) mass is 731 g/mol. The standard InChI is InChI=1S/C36H31ClFN5O5S2/c37-18-10-17-27-29(34(46)47)41-31(45)30-33(41)50-32(27)43(48-20-19-38)42(30)28(44)21-26-22-49-35(39-26)40-36(23-11-4-1-5-12-23,24-13-6-2-7-14-24)25-15-8-3-9-16-25/h1-17,22,30,32-33H,18-21H2,(H,39,40)(H,46,47)/b17-10-/t30?,32?,33-/m0/s1. The number of nitrogens with zero attached hydrogens (tertiary/aromatic N) is 4. The molecule has 2 unspecified atom stereocenters. The van der Waals surface area contributed by atoms with Crippen LogP contribution in [0.1, 0.15) is 22.4 Å². The van der Waals surface area contributed by atoms with Crippen LogP contribution >= 0.6 is 34.7 Å². The Balaban J connectivity index is 1.22. The Kier molecular flexibility index (Phi) is 9.76. The van der Waals surface area contributed by atoms with E-state index in [1.165, 1.54) is 39.1 Å². The van der Waals surface area contributed by atoms with Gasteiger partial charge in [-0.15, -0.1) is 34.7 Å². The highest BCUT2D eigenvalue weighted by Gasteiger charge is 2.65. The number of carbonyl (C=O) groups excluding carboxylic acids is 2. The number of amides is 2. The van der Waals surface area contributed by atoms with Gasteiger partial charge in [0.25, 0.3) is 5.91 Å². The van der Waals surface area contributed by atoms with Gasteiger partial charge in [-0.3, -0.25) is 19.3 Å². The molecular formula is C36H31ClFN5O5S2. The normalized spacial score (nSPS) is 20.3. The number of allylic oxidation sites excluding steroid dienone is 1. The van der Waals surface area contributed by atoms with Crippen LogP contribution in [0.5, 0.6) is 0 Å². The van der Waals surface area contributed by atoms with Crippen molar-refractivity contribution < 1.29 is 28.7 Å². The fourth-order valence-corrected chi connectivity index (χ4v) is 9.05. The molecule has 3 aliphatic heterocycles. The van der Waals surface area contributed by atoms with Gasteiger partial charge in [-0.2, -0.15) is 0 Å². The number of anilines is 1. The van der Waals surface area contributed by atoms with Crippen LogP contribution in [0.15, 0.2) is 120 Å². The molecule has 4 aromatic rings. The number of thioether (sulfide) groups is 1. The lowest BCUT2D eigenvalue weighted by Gasteiger charge is -2.61. The molecule has 7 rings (SSSR count). The fraction of sp³-hybridized carbons (Fsp3) is 0.222. The number of carboxylic acids is 1. The van der Waals surface area contributed by atoms with Crippen molar-refractivity contribution in [2.45, 2.75) is 28.7 Å². The highest BCUT2D eigenvalue weighted by atomic mass is 35.5. The van der Waals surface area contributed by atoms with Crippen molar-refractivity contribution in [3.8, 4) is 0 Å². The number of fused-ring (bicyclic) bond motifs is 1. The van der Waals surface area contributed by atoms with E-state index < -0.39 is 53.4 Å². The quantitative estimate of drug-likeness (QED) is 0.100. The van der Waals surface area contributed by atoms with E-state index in [0.29, 0.717) is 10.8 Å². The molecule has 0 saturated carbocycles. The number of benzene rings is 3. The summed E-state index contributed by atoms with van der Waals surface area (Å²) in [6, 6.07) is 29.1. The highest BCUT2D eigenvalue weighted by molar-refractivity contribution is 8.00. The number of β-lactam (4-membered cyclic amide) rings is 1. The van der Waals surface area contributed by atoms with Crippen LogP contribution < -0.4 is 5.32 Å². The third kappa shape index (κ3) is 5.88. The van der Waals surface area contributed by atoms with Gasteiger partial charge in [-0.1, -0.05) is 108 Å². The molecule has 14 heteroatoms. The van der Waals surface area contributed by atoms with Crippen molar-refractivity contribution >= 4 is 57.6 Å². The summed E-state index contributed by atoms with van der Waals surface area (Å²) in [5.74, 6) is -2.29. The SMILES string of the molecule is O=C(O)C1=C(/C=C\CCl)C2S[C@H]3C(C(=O)N13)N(C(=O)Cc1csc(NC(c3ccccc3)(c3ccccc3)c3ccccc3)n1)N2OCCF. The summed E-state index contributed by atoms with van der Waals surface area (Å²) in [6.07, 6.45) is 2.85. The van der Waals surface area contributed by atoms with Crippen molar-refractivity contribution in [1.82, 2.24) is 20.1 Å². The van der Waals surface area contributed by atoms with Gasteiger partial charge in [0.1, 0.15) is 28.7 Å². The third-order valence-corrected chi connectivity index (χ3v) is 11.1. The van der Waals surface area contributed by atoms with Crippen LogP contribution in [-0.4, -0.2) is 78.9 Å². The molecule has 0 spiro atoms. The lowest BCUT2D eigenvalue weighted by molar-refractivity contribution is -0.301. The summed E-state index contributed by atoms with van der Waals surface area (Å²) >= 11 is 8.48. The average Bonchev–Trinajstić information content (AvgIpc) is 3.59. The fourth-order valence-electron chi connectivity index (χ4n) is 6.62. The lowest BCUT2D eigenvalue weighted by atomic mass is 9.77. The number of hydrazine groups is 1. The molecule has 4 heterocycles. The Morgan fingerprint density at radius 1 is 1.00 bits per heavy atom. The predicted molar refractivity (Wildman–Crippen MR) is 190 cm³/mol. The van der Waals surface area contributed by atoms with Gasteiger partial charge in [0, 0.05) is 16.8 Å². The van der Waals surface area contributed by atoms with E-state index in [1.807, 2.05) is 54.6 Å². The van der Waals surface area contributed by atoms with E-state index in [0.717, 1.165) is 21.9 Å². The number of carboxylic acid groups (broad SMARTS) is 1. The van der Waals surface area contributed by atoms with Gasteiger partial charge in [0.15, 0.2) is 11.2 Å². The van der Waals surface area contributed by atoms with E-state index in [-0.39, 0.29) is 23.6 Å². The number of thiazole rings is 1. The summed E-state index contributed by atoms with van der Waals surface area (Å²) in [7, 11) is 0. The molecule has 2 fully saturated rings. The second kappa shape index (κ2) is 14.4. The first-order valence-electron chi connectivity index (χ1n) is 15.8. The van der Waals surface area contributed by atoms with Crippen molar-refractivity contribution in [3.63, 3.8) is 0 Å². The average molecular weight is 732 g/mol. The lowest BCUT2D eigenvalue weighted by Crippen LogP contribution is -2.79. The zero-order valence-electron chi connectivity index (χ0n) is 26.4. The molecule has 2 saturated heterocycles. The number of aliphatic carboxylic acids is 1. The summed E-state index contributed by atoms with van der Waals surface area (Å²) in [5, 5.41) is 17.0. The topological polar surface area (TPSA) is 115 Å². The number of hydrogen-bond donors (Lipinski definition) is 2. The Hall–Kier alpha value is -4.53. The molecule has 2 N–H and O–H groups in total. The Labute approximate surface area is 300 Å². The highest BCUT2D eigenvalue weighted by Crippen LogP contribution is 2.52. The number of alkyl halides is 2. The molecule has 10 nitrogen and oxygen atoms in total. The molecule has 1 aromatic heterocycles. The van der Waals surface area contributed by atoms with Crippen molar-refractivity contribution in [2.24, 2.45) is 0 Å². The Bertz CT molecular complexity index is 1850. The molecule has 0 radical (unpaired) electrons. The third-order valence-electron chi connectivity index (χ3n) is 8.68. The molecule has 0 aliphatic carbocycles. The first kappa shape index (κ1) is 33.9. The minimum absolute atomic E-state index is 0.0854. The van der Waals surface area contributed by atoms with E-state index >= 15 is 0 Å². The van der Waals surface area contributed by atoms with Crippen LogP contribution in [0, 0.1) is 0 Å². The molecule has 50 heavy (non-hydrogen) atoms. The molecular weight excluding hydrogens is 701 g/mol. The summed E-state index contributed by atoms with van der Waals surface area (Å²) in [6.45, 7) is -1.27. The Morgan fingerprint density at radius 3 is 2.14 bits per heavy atom. The minimum atomic E-state index is -1.30. The van der Waals surface area contributed by atoms with E-state index in [9.17, 15) is 23.9 Å². The van der Waals surface area contributed by atoms with Gasteiger partial charge in [-0.05, 0) is 16.7 Å². The smallest absolute Gasteiger partial charge is 0.353 e. The second-order valence-corrected chi connectivity index (χ2v) is 13.9. The minimum Gasteiger partial charge on any atom is -0.477 e. The number of rotatable bonds is 13. The molecule has 2 amide bonds. The number of carbonyl (C=O) groups is 3. The second-order valence-electron chi connectivity index (χ2n) is 11.6. The van der Waals surface area contributed by atoms with Crippen molar-refractivity contribution in [3.05, 3.63) is 142 Å². The van der Waals surface area contributed by atoms with Gasteiger partial charge in [0.05, 0.1) is 18.7 Å². The number of hydroxylamine groups is 1. The van der Waals surface area contributed by atoms with Crippen molar-refractivity contribution in [1.29, 1.82) is 0 Å². The maximum Gasteiger partial charge on any atom is 0.353 e. The zero-order valence-corrected chi connectivity index (χ0v) is 28.8. The van der Waals surface area contributed by atoms with Gasteiger partial charge < -0.3 is 10.4 Å². The van der Waals surface area contributed by atoms with Crippen LogP contribution in [0.25, 0.3) is 0 Å². The summed E-state index contributed by atoms with van der Waals surface area (Å²) < 4.78 is 13.4. The predicted octanol–water partition coefficient (Wildman–Crippen LogP) is 5.79. The molecule has 2 bridgehead atoms. The van der Waals surface area contributed by atoms with Crippen LogP contribution in [0.4, 0.5) is 9.52 Å². The summed E-state index contributed by atoms with van der Waals surface area (Å²) in [5.41, 5.74) is 2.59. The molecule has 3 atom stereocenters. The summed E-state index contributed by atoms with van der Waals surface area (Å²) in [4.78, 5) is 51.8. The number of hydrogen-bond acceptors (Lipinski definition) is 9. The van der Waals surface area contributed by atoms with Crippen LogP contribution in [0.3, 0.4) is 0 Å². The van der Waals surface area contributed by atoms with E-state index in [4.69, 9.17) is 21.4 Å². The number of nitrogens with one attached hydrogen (secondary N) is 1. The maximum absolute atomic E-state index is 14.2. The molecule has 3 aromatic carbocycles. The maximum atomic E-state index is 14.2. The largest absolute Gasteiger partial charge is 0.477 e. The van der Waals surface area contributed by atoms with Crippen molar-refractivity contribution in [2.75, 3.05) is 24.5 Å². The Morgan fingerprint density at radius 2 is 1.60 bits per heavy atom. The number of halogens is 2.